The van der Waals surface area contributed by atoms with Crippen LogP contribution in [0.4, 0.5) is 0 Å². The predicted octanol–water partition coefficient (Wildman–Crippen LogP) is -2.98. The van der Waals surface area contributed by atoms with Crippen molar-refractivity contribution >= 4 is 31.8 Å². The summed E-state index contributed by atoms with van der Waals surface area (Å²) in [4.78, 5) is 23.2. The topological polar surface area (TPSA) is 189 Å². The Morgan fingerprint density at radius 1 is 0.524 bits per heavy atom. The van der Waals surface area contributed by atoms with E-state index in [-0.39, 0.29) is 114 Å². The van der Waals surface area contributed by atoms with Gasteiger partial charge >= 0.3 is 103 Å². The molecule has 0 aromatic heterocycles. The molecule has 208 valence electrons. The molecule has 0 radical (unpaired) electrons. The van der Waals surface area contributed by atoms with E-state index in [1.807, 2.05) is 0 Å². The molecule has 0 aliphatic rings. The first-order valence-electron chi connectivity index (χ1n) is 11.5. The molecule has 2 unspecified atom stereocenters. The number of benzene rings is 4. The van der Waals surface area contributed by atoms with Crippen molar-refractivity contribution in [3.63, 3.8) is 0 Å². The average Bonchev–Trinajstić information content (AvgIpc) is 2.96. The van der Waals surface area contributed by atoms with E-state index >= 15 is 0 Å². The summed E-state index contributed by atoms with van der Waals surface area (Å²) in [6, 6.07) is 25.9. The van der Waals surface area contributed by atoms with E-state index in [0.717, 1.165) is 24.3 Å². The molecule has 2 N–H and O–H groups in total. The van der Waals surface area contributed by atoms with Gasteiger partial charge in [0, 0.05) is 11.1 Å². The molecule has 0 bridgehead atoms. The summed E-state index contributed by atoms with van der Waals surface area (Å²) in [5.41, 5.74) is 0.734. The minimum atomic E-state index is -4.63. The molecule has 14 heteroatoms. The van der Waals surface area contributed by atoms with Gasteiger partial charge in [-0.15, -0.1) is 0 Å². The van der Waals surface area contributed by atoms with Crippen LogP contribution in [0.25, 0.3) is 0 Å². The van der Waals surface area contributed by atoms with Crippen molar-refractivity contribution in [2.24, 2.45) is 0 Å². The number of carbonyl (C=O) groups is 2. The van der Waals surface area contributed by atoms with Crippen LogP contribution in [0.15, 0.2) is 119 Å². The van der Waals surface area contributed by atoms with Crippen molar-refractivity contribution in [2.75, 3.05) is 0 Å². The van der Waals surface area contributed by atoms with Crippen LogP contribution in [-0.2, 0) is 20.2 Å². The van der Waals surface area contributed by atoms with Crippen LogP contribution >= 0.6 is 0 Å². The first-order valence-corrected chi connectivity index (χ1v) is 14.3. The summed E-state index contributed by atoms with van der Waals surface area (Å²) in [6.07, 6.45) is -2.80. The smallest absolute Gasteiger partial charge is 0.744 e. The molecule has 42 heavy (non-hydrogen) atoms. The fourth-order valence-corrected chi connectivity index (χ4v) is 4.53. The zero-order chi connectivity index (χ0) is 29.5. The molecular formula is C28H22K2O10S2. The number of rotatable bonds is 8. The van der Waals surface area contributed by atoms with E-state index in [1.165, 1.54) is 24.3 Å². The van der Waals surface area contributed by atoms with Gasteiger partial charge in [0.05, 0.1) is 9.79 Å². The second-order valence-electron chi connectivity index (χ2n) is 8.32. The molecule has 0 saturated carbocycles. The first-order chi connectivity index (χ1) is 18.8. The standard InChI is InChI=1S/2C14H12O5S.2K/c2*15-13(10-5-2-1-3-6-10)14(16)11-7-4-8-12(9-11)20(17,18)19;;/h2*1-9,13,15H,(H,17,18,19);;/q;;2*+1/p-2. The minimum Gasteiger partial charge on any atom is -0.744 e. The van der Waals surface area contributed by atoms with Gasteiger partial charge in [0.1, 0.15) is 32.4 Å². The third kappa shape index (κ3) is 11.3. The number of Topliss-reactive ketones (excluding diaryl/α,β-unsaturated/α-hetero) is 2. The van der Waals surface area contributed by atoms with Crippen LogP contribution in [0.1, 0.15) is 44.1 Å². The number of carbonyl (C=O) groups excluding carboxylic acids is 2. The molecule has 4 aromatic carbocycles. The fraction of sp³-hybridized carbons (Fsp3) is 0.0714. The molecule has 4 aromatic rings. The molecule has 0 aliphatic carbocycles. The largest absolute Gasteiger partial charge is 1.00 e. The Morgan fingerprint density at radius 3 is 1.12 bits per heavy atom. The number of hydrogen-bond acceptors (Lipinski definition) is 10. The normalized spacial score (nSPS) is 12.3. The zero-order valence-electron chi connectivity index (χ0n) is 22.5. The van der Waals surface area contributed by atoms with Crippen LogP contribution in [0.2, 0.25) is 0 Å². The van der Waals surface area contributed by atoms with Crippen molar-refractivity contribution in [2.45, 2.75) is 22.0 Å². The SMILES string of the molecule is O=C(c1cccc(S(=O)(=O)[O-])c1)C(O)c1ccccc1.O=C(c1cccc(S(=O)(=O)[O-])c1)C(O)c1ccccc1.[K+].[K+]. The van der Waals surface area contributed by atoms with Gasteiger partial charge < -0.3 is 19.3 Å². The fourth-order valence-electron chi connectivity index (χ4n) is 3.50. The van der Waals surface area contributed by atoms with Crippen LogP contribution in [0.3, 0.4) is 0 Å². The number of hydrogen-bond donors (Lipinski definition) is 2. The zero-order valence-corrected chi connectivity index (χ0v) is 30.4. The van der Waals surface area contributed by atoms with Crippen molar-refractivity contribution in [1.82, 2.24) is 0 Å². The maximum absolute atomic E-state index is 12.1. The summed E-state index contributed by atoms with van der Waals surface area (Å²) in [7, 11) is -9.27. The Morgan fingerprint density at radius 2 is 0.833 bits per heavy atom. The first kappa shape index (κ1) is 39.3. The van der Waals surface area contributed by atoms with Crippen molar-refractivity contribution in [3.05, 3.63) is 131 Å². The maximum Gasteiger partial charge on any atom is 1.00 e. The number of aliphatic hydroxyl groups is 2. The summed E-state index contributed by atoms with van der Waals surface area (Å²) in [5.74, 6) is -1.33. The molecular weight excluding hydrogens is 639 g/mol. The van der Waals surface area contributed by atoms with Crippen molar-refractivity contribution in [1.29, 1.82) is 0 Å². The quantitative estimate of drug-likeness (QED) is 0.112. The Kier molecular flexibility index (Phi) is 16.5. The van der Waals surface area contributed by atoms with E-state index in [2.05, 4.69) is 0 Å². The van der Waals surface area contributed by atoms with Gasteiger partial charge in [-0.2, -0.15) is 0 Å². The summed E-state index contributed by atoms with van der Waals surface area (Å²) >= 11 is 0. The van der Waals surface area contributed by atoms with Crippen LogP contribution in [0, 0.1) is 0 Å². The second kappa shape index (κ2) is 17.7. The molecule has 0 spiro atoms. The van der Waals surface area contributed by atoms with Gasteiger partial charge in [-0.3, -0.25) is 9.59 Å². The predicted molar refractivity (Wildman–Crippen MR) is 140 cm³/mol. The van der Waals surface area contributed by atoms with Gasteiger partial charge in [-0.1, -0.05) is 84.9 Å². The third-order valence-electron chi connectivity index (χ3n) is 5.54. The van der Waals surface area contributed by atoms with E-state index in [1.54, 1.807) is 60.7 Å². The van der Waals surface area contributed by atoms with Gasteiger partial charge in [0.25, 0.3) is 0 Å². The Labute approximate surface area is 328 Å². The van der Waals surface area contributed by atoms with Crippen LogP contribution in [0.5, 0.6) is 0 Å². The molecule has 0 heterocycles. The Hall–Kier alpha value is -0.767. The van der Waals surface area contributed by atoms with Crippen molar-refractivity contribution in [3.8, 4) is 0 Å². The van der Waals surface area contributed by atoms with Gasteiger partial charge in [0.15, 0.2) is 11.6 Å². The number of ketones is 2. The van der Waals surface area contributed by atoms with E-state index in [0.29, 0.717) is 11.1 Å². The van der Waals surface area contributed by atoms with Gasteiger partial charge in [-0.05, 0) is 35.4 Å². The van der Waals surface area contributed by atoms with E-state index in [9.17, 15) is 45.7 Å². The summed E-state index contributed by atoms with van der Waals surface area (Å²) < 4.78 is 65.5. The minimum absolute atomic E-state index is 0. The van der Waals surface area contributed by atoms with E-state index < -0.39 is 53.8 Å². The Bertz CT molecular complexity index is 1590. The molecule has 10 nitrogen and oxygen atoms in total. The molecule has 0 amide bonds. The summed E-state index contributed by atoms with van der Waals surface area (Å²) in [5, 5.41) is 19.9. The average molecular weight is 661 g/mol. The van der Waals surface area contributed by atoms with Gasteiger partial charge in [0.2, 0.25) is 0 Å². The van der Waals surface area contributed by atoms with Crippen LogP contribution in [-0.4, -0.2) is 47.7 Å². The molecule has 0 fully saturated rings. The summed E-state index contributed by atoms with van der Waals surface area (Å²) in [6.45, 7) is 0. The molecule has 0 aliphatic heterocycles. The monoisotopic (exact) mass is 660 g/mol. The maximum atomic E-state index is 12.1. The van der Waals surface area contributed by atoms with Crippen LogP contribution < -0.4 is 103 Å². The number of aliphatic hydroxyl groups excluding tert-OH is 2. The third-order valence-corrected chi connectivity index (χ3v) is 7.20. The Balaban J connectivity index is 0.000000401. The molecule has 0 saturated heterocycles. The molecule has 2 atom stereocenters. The molecule has 4 rings (SSSR count). The van der Waals surface area contributed by atoms with E-state index in [4.69, 9.17) is 0 Å². The van der Waals surface area contributed by atoms with Crippen molar-refractivity contribution < 1.29 is 149 Å². The second-order valence-corrected chi connectivity index (χ2v) is 11.1. The van der Waals surface area contributed by atoms with Gasteiger partial charge in [-0.25, -0.2) is 16.8 Å².